The lowest BCUT2D eigenvalue weighted by molar-refractivity contribution is 0.123. The Morgan fingerprint density at radius 2 is 2.08 bits per heavy atom. The number of nitrogens with one attached hydrogen (secondary N) is 2. The third-order valence-electron chi connectivity index (χ3n) is 3.90. The lowest BCUT2D eigenvalue weighted by Crippen LogP contribution is -2.39. The summed E-state index contributed by atoms with van der Waals surface area (Å²) in [6.45, 7) is 5.95. The zero-order valence-corrected chi connectivity index (χ0v) is 16.0. The fourth-order valence-electron chi connectivity index (χ4n) is 2.35. The first-order valence-electron chi connectivity index (χ1n) is 9.26. The molecule has 1 atom stereocenters. The number of benzene rings is 1. The van der Waals surface area contributed by atoms with Crippen LogP contribution < -0.4 is 10.6 Å². The summed E-state index contributed by atoms with van der Waals surface area (Å²) in [6.07, 6.45) is 3.60. The molecule has 0 aromatic heterocycles. The molecule has 0 heterocycles. The molecule has 0 amide bonds. The van der Waals surface area contributed by atoms with Crippen molar-refractivity contribution >= 4 is 16.8 Å². The monoisotopic (exact) mass is 365 g/mol. The summed E-state index contributed by atoms with van der Waals surface area (Å²) in [7, 11) is -0.865. The van der Waals surface area contributed by atoms with Gasteiger partial charge in [0.05, 0.1) is 0 Å². The van der Waals surface area contributed by atoms with Crippen LogP contribution in [0, 0.1) is 5.92 Å². The molecule has 1 fully saturated rings. The molecule has 0 saturated heterocycles. The predicted molar refractivity (Wildman–Crippen MR) is 105 cm³/mol. The third-order valence-corrected chi connectivity index (χ3v) is 5.22. The van der Waals surface area contributed by atoms with Gasteiger partial charge in [-0.2, -0.15) is 0 Å². The van der Waals surface area contributed by atoms with Crippen LogP contribution in [0.3, 0.4) is 0 Å². The summed E-state index contributed by atoms with van der Waals surface area (Å²) >= 11 is 0. The number of ether oxygens (including phenoxy) is 1. The predicted octanol–water partition coefficient (Wildman–Crippen LogP) is 2.31. The average molecular weight is 366 g/mol. The summed E-state index contributed by atoms with van der Waals surface area (Å²) in [6, 6.07) is 9.97. The van der Waals surface area contributed by atoms with E-state index in [0.29, 0.717) is 18.1 Å². The van der Waals surface area contributed by atoms with E-state index in [1.54, 1.807) is 0 Å². The molecule has 25 heavy (non-hydrogen) atoms. The Labute approximate surface area is 154 Å². The molecule has 1 saturated carbocycles. The van der Waals surface area contributed by atoms with E-state index in [1.807, 2.05) is 37.3 Å². The quantitative estimate of drug-likeness (QED) is 0.339. The minimum atomic E-state index is -0.865. The molecule has 5 nitrogen and oxygen atoms in total. The molecule has 1 unspecified atom stereocenters. The Bertz CT molecular complexity index is 533. The Morgan fingerprint density at radius 3 is 2.80 bits per heavy atom. The molecule has 0 radical (unpaired) electrons. The van der Waals surface area contributed by atoms with Gasteiger partial charge in [-0.25, -0.2) is 0 Å². The van der Waals surface area contributed by atoms with Crippen molar-refractivity contribution in [3.8, 4) is 0 Å². The van der Waals surface area contributed by atoms with Crippen LogP contribution in [-0.2, 0) is 21.3 Å². The second-order valence-electron chi connectivity index (χ2n) is 6.33. The number of hydrogen-bond acceptors (Lipinski definition) is 3. The Morgan fingerprint density at radius 1 is 1.28 bits per heavy atom. The standard InChI is InChI=1S/C19H31N3O2S/c1-2-20-19(21-11-6-13-24-15-17-9-10-17)22-12-14-25(23)16-18-7-4-3-5-8-18/h3-5,7-8,17H,2,6,9-16H2,1H3,(H2,20,21,22). The lowest BCUT2D eigenvalue weighted by Gasteiger charge is -2.11. The van der Waals surface area contributed by atoms with E-state index < -0.39 is 10.8 Å². The maximum atomic E-state index is 12.1. The molecular formula is C19H31N3O2S. The Kier molecular flexibility index (Phi) is 9.59. The van der Waals surface area contributed by atoms with Crippen LogP contribution in [0.2, 0.25) is 0 Å². The van der Waals surface area contributed by atoms with Crippen molar-refractivity contribution in [1.29, 1.82) is 0 Å². The van der Waals surface area contributed by atoms with E-state index in [0.717, 1.165) is 50.2 Å². The summed E-state index contributed by atoms with van der Waals surface area (Å²) in [5.74, 6) is 2.83. The molecule has 1 aromatic carbocycles. The number of hydrogen-bond donors (Lipinski definition) is 2. The van der Waals surface area contributed by atoms with E-state index in [-0.39, 0.29) is 0 Å². The van der Waals surface area contributed by atoms with Gasteiger partial charge in [0.1, 0.15) is 0 Å². The van der Waals surface area contributed by atoms with Gasteiger partial charge in [-0.3, -0.25) is 9.20 Å². The van der Waals surface area contributed by atoms with Gasteiger partial charge in [-0.1, -0.05) is 30.3 Å². The van der Waals surface area contributed by atoms with Gasteiger partial charge >= 0.3 is 0 Å². The normalized spacial score (nSPS) is 15.8. The van der Waals surface area contributed by atoms with Crippen LogP contribution in [0.15, 0.2) is 35.3 Å². The maximum absolute atomic E-state index is 12.1. The molecule has 140 valence electrons. The van der Waals surface area contributed by atoms with Gasteiger partial charge in [0.2, 0.25) is 0 Å². The highest BCUT2D eigenvalue weighted by Crippen LogP contribution is 2.28. The smallest absolute Gasteiger partial charge is 0.191 e. The van der Waals surface area contributed by atoms with Crippen LogP contribution >= 0.6 is 0 Å². The van der Waals surface area contributed by atoms with Gasteiger partial charge in [-0.15, -0.1) is 0 Å². The van der Waals surface area contributed by atoms with Crippen LogP contribution in [0.1, 0.15) is 31.7 Å². The molecule has 0 bridgehead atoms. The topological polar surface area (TPSA) is 62.7 Å². The number of guanidine groups is 1. The average Bonchev–Trinajstić information content (AvgIpc) is 3.43. The van der Waals surface area contributed by atoms with Crippen molar-refractivity contribution in [1.82, 2.24) is 10.6 Å². The second kappa shape index (κ2) is 12.0. The first kappa shape index (κ1) is 19.9. The van der Waals surface area contributed by atoms with E-state index in [4.69, 9.17) is 4.74 Å². The highest BCUT2D eigenvalue weighted by molar-refractivity contribution is 7.84. The highest BCUT2D eigenvalue weighted by Gasteiger charge is 2.20. The molecular weight excluding hydrogens is 334 g/mol. The first-order chi connectivity index (χ1) is 12.3. The van der Waals surface area contributed by atoms with Crippen molar-refractivity contribution < 1.29 is 8.95 Å². The van der Waals surface area contributed by atoms with Crippen molar-refractivity contribution in [2.75, 3.05) is 38.6 Å². The van der Waals surface area contributed by atoms with E-state index >= 15 is 0 Å². The molecule has 2 N–H and O–H groups in total. The fourth-order valence-corrected chi connectivity index (χ4v) is 3.39. The minimum absolute atomic E-state index is 0.606. The van der Waals surface area contributed by atoms with Crippen molar-refractivity contribution in [3.63, 3.8) is 0 Å². The lowest BCUT2D eigenvalue weighted by atomic mass is 10.2. The Hall–Kier alpha value is -1.40. The molecule has 0 spiro atoms. The molecule has 1 aromatic rings. The van der Waals surface area contributed by atoms with Gasteiger partial charge in [-0.05, 0) is 37.7 Å². The van der Waals surface area contributed by atoms with Crippen LogP contribution in [0.25, 0.3) is 0 Å². The summed E-state index contributed by atoms with van der Waals surface area (Å²) < 4.78 is 17.8. The molecule has 0 aliphatic heterocycles. The van der Waals surface area contributed by atoms with Crippen molar-refractivity contribution in [2.45, 2.75) is 31.9 Å². The summed E-state index contributed by atoms with van der Waals surface area (Å²) in [5.41, 5.74) is 1.12. The highest BCUT2D eigenvalue weighted by atomic mass is 32.2. The largest absolute Gasteiger partial charge is 0.381 e. The van der Waals surface area contributed by atoms with Gasteiger partial charge in [0.15, 0.2) is 5.96 Å². The van der Waals surface area contributed by atoms with Crippen molar-refractivity contribution in [2.24, 2.45) is 10.9 Å². The summed E-state index contributed by atoms with van der Waals surface area (Å²) in [5, 5.41) is 6.49. The van der Waals surface area contributed by atoms with Gasteiger partial charge in [0.25, 0.3) is 0 Å². The zero-order chi connectivity index (χ0) is 17.7. The van der Waals surface area contributed by atoms with Gasteiger partial charge < -0.3 is 15.4 Å². The first-order valence-corrected chi connectivity index (χ1v) is 10.8. The van der Waals surface area contributed by atoms with Crippen molar-refractivity contribution in [3.05, 3.63) is 35.9 Å². The number of rotatable bonds is 12. The van der Waals surface area contributed by atoms with E-state index in [9.17, 15) is 4.21 Å². The SMILES string of the molecule is CCNC(=NCCCOCC1CC1)NCCS(=O)Cc1ccccc1. The van der Waals surface area contributed by atoms with Crippen LogP contribution in [0.4, 0.5) is 0 Å². The maximum Gasteiger partial charge on any atom is 0.191 e. The molecule has 6 heteroatoms. The van der Waals surface area contributed by atoms with Crippen LogP contribution in [-0.4, -0.2) is 48.8 Å². The van der Waals surface area contributed by atoms with Gasteiger partial charge in [0, 0.05) is 55.2 Å². The second-order valence-corrected chi connectivity index (χ2v) is 7.91. The van der Waals surface area contributed by atoms with E-state index in [2.05, 4.69) is 15.6 Å². The summed E-state index contributed by atoms with van der Waals surface area (Å²) in [4.78, 5) is 4.54. The number of aliphatic imine (C=N–C) groups is 1. The molecule has 2 rings (SSSR count). The third kappa shape index (κ3) is 9.60. The fraction of sp³-hybridized carbons (Fsp3) is 0.632. The molecule has 1 aliphatic rings. The Balaban J connectivity index is 1.58. The van der Waals surface area contributed by atoms with E-state index in [1.165, 1.54) is 12.8 Å². The molecule has 1 aliphatic carbocycles. The number of nitrogens with zero attached hydrogens (tertiary/aromatic N) is 1. The van der Waals surface area contributed by atoms with Crippen LogP contribution in [0.5, 0.6) is 0 Å². The minimum Gasteiger partial charge on any atom is -0.381 e. The zero-order valence-electron chi connectivity index (χ0n) is 15.2.